The lowest BCUT2D eigenvalue weighted by molar-refractivity contribution is -0.438. The Morgan fingerprint density at radius 2 is 1.28 bits per heavy atom. The van der Waals surface area contributed by atoms with Gasteiger partial charge in [-0.2, -0.15) is 4.58 Å². The molecular weight excluding hydrogens is 1130 g/mol. The second-order valence-corrected chi connectivity index (χ2v) is 26.3. The number of carbonyl (C=O) groups excluding carboxylic acids is 3. The zero-order chi connectivity index (χ0) is 57.7. The molecule has 4 aromatic carbocycles. The third kappa shape index (κ3) is 12.5. The van der Waals surface area contributed by atoms with Gasteiger partial charge in [-0.1, -0.05) is 23.8 Å². The van der Waals surface area contributed by atoms with E-state index in [1.807, 2.05) is 0 Å². The Labute approximate surface area is 450 Å². The predicted molar refractivity (Wildman–Crippen MR) is 271 cm³/mol. The van der Waals surface area contributed by atoms with Gasteiger partial charge in [0.2, 0.25) is 5.69 Å². The second kappa shape index (κ2) is 22.0. The van der Waals surface area contributed by atoms with Crippen molar-refractivity contribution in [2.75, 3.05) is 50.7 Å². The monoisotopic (exact) mass is 1180 g/mol. The van der Waals surface area contributed by atoms with E-state index in [1.54, 1.807) is 61.5 Å². The van der Waals surface area contributed by atoms with E-state index in [1.165, 1.54) is 31.4 Å². The third-order valence-corrected chi connectivity index (χ3v) is 17.9. The van der Waals surface area contributed by atoms with E-state index in [0.29, 0.717) is 45.6 Å². The molecule has 3 heterocycles. The van der Waals surface area contributed by atoms with Gasteiger partial charge in [0.15, 0.2) is 5.71 Å². The number of allylic oxidation sites excluding steroid dienone is 6. The molecule has 0 bridgehead atoms. The van der Waals surface area contributed by atoms with E-state index in [4.69, 9.17) is 14.3 Å². The smallest absolute Gasteiger partial charge is 0.333 e. The summed E-state index contributed by atoms with van der Waals surface area (Å²) in [6.07, 6.45) is 5.52. The Morgan fingerprint density at radius 3 is 1.82 bits per heavy atom. The molecular formula is C49H51N3O21S5-4. The number of imide groups is 1. The zero-order valence-electron chi connectivity index (χ0n) is 42.4. The summed E-state index contributed by atoms with van der Waals surface area (Å²) in [6, 6.07) is 8.35. The van der Waals surface area contributed by atoms with Crippen LogP contribution in [0, 0.1) is 0 Å². The lowest BCUT2D eigenvalue weighted by Gasteiger charge is -2.31. The molecule has 0 aromatic heterocycles. The van der Waals surface area contributed by atoms with Crippen LogP contribution in [0.1, 0.15) is 77.3 Å². The van der Waals surface area contributed by atoms with E-state index < -0.39 is 105 Å². The van der Waals surface area contributed by atoms with Gasteiger partial charge in [-0.25, -0.2) is 46.9 Å². The molecule has 0 aliphatic carbocycles. The lowest BCUT2D eigenvalue weighted by atomic mass is 9.75. The minimum Gasteiger partial charge on any atom is -0.748 e. The van der Waals surface area contributed by atoms with Crippen molar-refractivity contribution in [2.45, 2.75) is 96.6 Å². The third-order valence-electron chi connectivity index (χ3n) is 13.7. The number of methoxy groups -OCH3 is 1. The normalized spacial score (nSPS) is 18.8. The first kappa shape index (κ1) is 59.8. The number of benzene rings is 4. The minimum atomic E-state index is -5.44. The van der Waals surface area contributed by atoms with Crippen LogP contribution in [0.25, 0.3) is 21.5 Å². The number of nitrogens with zero attached hydrogens (tertiary/aromatic N) is 3. The molecule has 1 fully saturated rings. The zero-order valence-corrected chi connectivity index (χ0v) is 46.5. The number of rotatable bonds is 22. The number of carbonyl (C=O) groups is 3. The molecule has 24 nitrogen and oxygen atoms in total. The summed E-state index contributed by atoms with van der Waals surface area (Å²) < 4.78 is 199. The quantitative estimate of drug-likeness (QED) is 0.0357. The Balaban J connectivity index is 1.39. The van der Waals surface area contributed by atoms with Gasteiger partial charge in [-0.15, -0.1) is 5.06 Å². The molecule has 0 spiro atoms. The second-order valence-electron chi connectivity index (χ2n) is 19.3. The van der Waals surface area contributed by atoms with Gasteiger partial charge in [0.1, 0.15) is 47.0 Å². The fourth-order valence-electron chi connectivity index (χ4n) is 10.2. The summed E-state index contributed by atoms with van der Waals surface area (Å²) in [5, 5.41) is -0.242. The number of hydroxylamine groups is 2. The topological polar surface area (TPSA) is 374 Å². The molecule has 3 aliphatic heterocycles. The highest BCUT2D eigenvalue weighted by atomic mass is 32.2. The molecule has 29 heteroatoms. The lowest BCUT2D eigenvalue weighted by Crippen LogP contribution is -2.32. The number of fused-ring (bicyclic) bond motifs is 6. The number of ether oxygens (including phenoxy) is 2. The number of amides is 2. The SMILES string of the molecule is COCCOCCN1C(=CC=C(C)C=CC2=[N+](CCCC(=O)ON3C(=O)CCC3=O)c3ccc4c(S(=O)(=O)[O-])cc(S(=O)(=O)[O-])cc4c3C2(C)C)C(C)(CCCS(=O)(=O)[O-])c2c1ccc1c(S(=O)(=O)[O-])cc(S(=O)(=O)[O-])cc21. The molecule has 0 N–H and O–H groups in total. The average molecular weight is 1180 g/mol. The van der Waals surface area contributed by atoms with Gasteiger partial charge in [-0.3, -0.25) is 9.59 Å². The number of hydrogen-bond donors (Lipinski definition) is 0. The van der Waals surface area contributed by atoms with Gasteiger partial charge < -0.3 is 42.0 Å². The summed E-state index contributed by atoms with van der Waals surface area (Å²) in [6.45, 7) is 7.13. The van der Waals surface area contributed by atoms with E-state index in [-0.39, 0.29) is 104 Å². The maximum absolute atomic E-state index is 12.9. The average Bonchev–Trinajstić information content (AvgIpc) is 4.10. The summed E-state index contributed by atoms with van der Waals surface area (Å²) in [4.78, 5) is 40.0. The highest BCUT2D eigenvalue weighted by molar-refractivity contribution is 7.87. The minimum absolute atomic E-state index is 0.00650. The van der Waals surface area contributed by atoms with Crippen LogP contribution in [0.4, 0.5) is 11.4 Å². The first-order valence-electron chi connectivity index (χ1n) is 23.7. The van der Waals surface area contributed by atoms with Gasteiger partial charge in [0.05, 0.1) is 61.4 Å². The maximum atomic E-state index is 12.9. The molecule has 1 saturated heterocycles. The fraction of sp³-hybridized carbons (Fsp3) is 0.388. The van der Waals surface area contributed by atoms with Crippen molar-refractivity contribution in [3.05, 3.63) is 95.2 Å². The molecule has 2 amide bonds. The van der Waals surface area contributed by atoms with Crippen molar-refractivity contribution in [1.82, 2.24) is 5.06 Å². The molecule has 1 atom stereocenters. The summed E-state index contributed by atoms with van der Waals surface area (Å²) in [7, 11) is -24.9. The van der Waals surface area contributed by atoms with E-state index in [2.05, 4.69) is 0 Å². The molecule has 0 saturated carbocycles. The van der Waals surface area contributed by atoms with Crippen molar-refractivity contribution in [3.8, 4) is 0 Å². The van der Waals surface area contributed by atoms with E-state index >= 15 is 0 Å². The van der Waals surface area contributed by atoms with Crippen LogP contribution in [0.5, 0.6) is 0 Å². The predicted octanol–water partition coefficient (Wildman–Crippen LogP) is 3.53. The fourth-order valence-corrected chi connectivity index (χ4v) is 13.4. The summed E-state index contributed by atoms with van der Waals surface area (Å²) in [5.74, 6) is -3.16. The van der Waals surface area contributed by atoms with Crippen LogP contribution >= 0.6 is 0 Å². The molecule has 4 aromatic rings. The van der Waals surface area contributed by atoms with Crippen molar-refractivity contribution in [2.24, 2.45) is 0 Å². The molecule has 0 radical (unpaired) electrons. The maximum Gasteiger partial charge on any atom is 0.333 e. The van der Waals surface area contributed by atoms with Crippen LogP contribution in [0.2, 0.25) is 0 Å². The molecule has 7 rings (SSSR count). The highest BCUT2D eigenvalue weighted by Crippen LogP contribution is 2.54. The molecule has 78 heavy (non-hydrogen) atoms. The molecule has 422 valence electrons. The van der Waals surface area contributed by atoms with Gasteiger partial charge in [0, 0.05) is 78.6 Å². The standard InChI is InChI=1S/C49H55N3O21S5/c1-30(10-16-42-49(4,19-7-25-74(56,57)58)47-36-27-32(76(62,63)64)29-40(78(68,69)70)34(36)12-14-38(47)51(42)21-22-72-24-23-71-5)9-15-41-48(2,3)46-35-26-31(75(59,60)61)28-39(77(65,66)67)33(35)11-13-37(46)50(41)20-6-8-45(55)73-52-43(53)17-18-44(52)54/h9-16,26-29H,6-8,17-25H2,1-5H3,(H4-,56,57,58,59,60,61,62,63,64,65,66,67,68,69,70)/p-4. The van der Waals surface area contributed by atoms with Gasteiger partial charge >= 0.3 is 5.97 Å². The van der Waals surface area contributed by atoms with Crippen LogP contribution in [-0.2, 0) is 90.1 Å². The van der Waals surface area contributed by atoms with Crippen molar-refractivity contribution in [3.63, 3.8) is 0 Å². The summed E-state index contributed by atoms with van der Waals surface area (Å²) in [5.41, 5.74) is -0.221. The van der Waals surface area contributed by atoms with E-state index in [9.17, 15) is 79.2 Å². The molecule has 1 unspecified atom stereocenters. The van der Waals surface area contributed by atoms with Crippen molar-refractivity contribution < 1.29 is 98.1 Å². The molecule has 3 aliphatic rings. The van der Waals surface area contributed by atoms with Gasteiger partial charge in [0.25, 0.3) is 11.8 Å². The van der Waals surface area contributed by atoms with E-state index in [0.717, 1.165) is 12.1 Å². The number of anilines is 1. The first-order valence-corrected chi connectivity index (χ1v) is 30.9. The highest BCUT2D eigenvalue weighted by Gasteiger charge is 2.47. The van der Waals surface area contributed by atoms with Gasteiger partial charge in [-0.05, 0) is 105 Å². The Bertz CT molecular complexity index is 3890. The largest absolute Gasteiger partial charge is 0.748 e. The first-order chi connectivity index (χ1) is 36.1. The Hall–Kier alpha value is -5.83. The van der Waals surface area contributed by atoms with Crippen LogP contribution in [0.3, 0.4) is 0 Å². The van der Waals surface area contributed by atoms with Crippen LogP contribution < -0.4 is 4.90 Å². The van der Waals surface area contributed by atoms with Crippen LogP contribution in [-0.4, -0.2) is 144 Å². The summed E-state index contributed by atoms with van der Waals surface area (Å²) >= 11 is 0. The van der Waals surface area contributed by atoms with Crippen LogP contribution in [0.15, 0.2) is 104 Å². The number of hydrogen-bond acceptors (Lipinski definition) is 22. The van der Waals surface area contributed by atoms with Crippen molar-refractivity contribution >= 4 is 107 Å². The Kier molecular flexibility index (Phi) is 16.9. The Morgan fingerprint density at radius 1 is 0.718 bits per heavy atom. The van der Waals surface area contributed by atoms with Crippen molar-refractivity contribution in [1.29, 1.82) is 0 Å².